The molecule has 4 N–H and O–H groups in total. The third kappa shape index (κ3) is 4.95. The third-order valence-electron chi connectivity index (χ3n) is 6.70. The summed E-state index contributed by atoms with van der Waals surface area (Å²) >= 11 is 0. The van der Waals surface area contributed by atoms with Crippen molar-refractivity contribution in [1.29, 1.82) is 0 Å². The van der Waals surface area contributed by atoms with Gasteiger partial charge < -0.3 is 25.8 Å². The molecule has 188 valence electrons. The van der Waals surface area contributed by atoms with Crippen LogP contribution in [0.5, 0.6) is 11.5 Å². The molecular formula is C30H35N3O3. The Bertz CT molecular complexity index is 1240. The van der Waals surface area contributed by atoms with Gasteiger partial charge in [-0.25, -0.2) is 0 Å². The molecule has 0 saturated heterocycles. The maximum atomic E-state index is 13.3. The van der Waals surface area contributed by atoms with Gasteiger partial charge in [-0.2, -0.15) is 0 Å². The molecule has 0 saturated carbocycles. The normalized spacial score (nSPS) is 14.2. The molecule has 0 atom stereocenters. The van der Waals surface area contributed by atoms with Crippen LogP contribution in [0, 0.1) is 0 Å². The Hall–Kier alpha value is -3.77. The maximum Gasteiger partial charge on any atom is 0.258 e. The second kappa shape index (κ2) is 10.9. The van der Waals surface area contributed by atoms with Crippen LogP contribution < -0.4 is 25.8 Å². The number of ether oxygens (including phenoxy) is 2. The summed E-state index contributed by atoms with van der Waals surface area (Å²) in [6.45, 7) is 4.33. The van der Waals surface area contributed by atoms with Crippen LogP contribution in [0.4, 0.5) is 11.4 Å². The molecule has 6 nitrogen and oxygen atoms in total. The first-order valence-corrected chi connectivity index (χ1v) is 12.5. The van der Waals surface area contributed by atoms with E-state index in [9.17, 15) is 4.79 Å². The van der Waals surface area contributed by atoms with E-state index in [0.29, 0.717) is 28.5 Å². The minimum atomic E-state index is -0.331. The summed E-state index contributed by atoms with van der Waals surface area (Å²) < 4.78 is 10.9. The van der Waals surface area contributed by atoms with E-state index in [2.05, 4.69) is 36.6 Å². The molecule has 3 aromatic rings. The van der Waals surface area contributed by atoms with Gasteiger partial charge in [0.05, 0.1) is 31.2 Å². The zero-order chi connectivity index (χ0) is 25.7. The van der Waals surface area contributed by atoms with Gasteiger partial charge in [0, 0.05) is 22.9 Å². The number of methoxy groups -OCH3 is 2. The maximum absolute atomic E-state index is 13.3. The molecule has 1 amide bonds. The quantitative estimate of drug-likeness (QED) is 0.290. The minimum absolute atomic E-state index is 0.185. The Morgan fingerprint density at radius 3 is 2.11 bits per heavy atom. The summed E-state index contributed by atoms with van der Waals surface area (Å²) in [6.07, 6.45) is 3.94. The average molecular weight is 486 g/mol. The first-order valence-electron chi connectivity index (χ1n) is 12.5. The fourth-order valence-electron chi connectivity index (χ4n) is 4.96. The number of anilines is 2. The minimum Gasteiger partial charge on any atom is -0.493 e. The first-order chi connectivity index (χ1) is 17.4. The van der Waals surface area contributed by atoms with Crippen molar-refractivity contribution in [2.24, 2.45) is 5.73 Å². The SMILES string of the molecule is CCCC(N)(CCC)c1ccc(N/C(=C2\C(=O)Nc3cc(OC)c(OC)cc32)c2ccccc2)cc1. The largest absolute Gasteiger partial charge is 0.493 e. The number of carbonyl (C=O) groups is 1. The predicted molar refractivity (Wildman–Crippen MR) is 147 cm³/mol. The van der Waals surface area contributed by atoms with E-state index in [-0.39, 0.29) is 11.4 Å². The Morgan fingerprint density at radius 2 is 1.53 bits per heavy atom. The molecule has 0 fully saturated rings. The molecule has 1 aliphatic heterocycles. The van der Waals surface area contributed by atoms with Crippen molar-refractivity contribution < 1.29 is 14.3 Å². The fraction of sp³-hybridized carbons (Fsp3) is 0.300. The molecule has 6 heteroatoms. The van der Waals surface area contributed by atoms with Gasteiger partial charge in [-0.15, -0.1) is 0 Å². The topological polar surface area (TPSA) is 85.6 Å². The number of amides is 1. The summed E-state index contributed by atoms with van der Waals surface area (Å²) in [5.74, 6) is 0.940. The Labute approximate surface area is 213 Å². The van der Waals surface area contributed by atoms with Crippen LogP contribution in [0.15, 0.2) is 66.7 Å². The van der Waals surface area contributed by atoms with Gasteiger partial charge in [0.25, 0.3) is 5.91 Å². The molecule has 36 heavy (non-hydrogen) atoms. The van der Waals surface area contributed by atoms with E-state index >= 15 is 0 Å². The molecule has 0 radical (unpaired) electrons. The van der Waals surface area contributed by atoms with E-state index in [0.717, 1.165) is 48.1 Å². The lowest BCUT2D eigenvalue weighted by molar-refractivity contribution is -0.110. The molecule has 0 unspecified atom stereocenters. The second-order valence-corrected chi connectivity index (χ2v) is 9.18. The second-order valence-electron chi connectivity index (χ2n) is 9.18. The van der Waals surface area contributed by atoms with Crippen molar-refractivity contribution in [2.45, 2.75) is 45.1 Å². The molecule has 3 aromatic carbocycles. The van der Waals surface area contributed by atoms with Crippen molar-refractivity contribution in [3.05, 3.63) is 83.4 Å². The van der Waals surface area contributed by atoms with Crippen molar-refractivity contribution in [1.82, 2.24) is 0 Å². The molecule has 0 bridgehead atoms. The van der Waals surface area contributed by atoms with E-state index in [4.69, 9.17) is 15.2 Å². The van der Waals surface area contributed by atoms with Crippen LogP contribution in [0.3, 0.4) is 0 Å². The third-order valence-corrected chi connectivity index (χ3v) is 6.70. The summed E-state index contributed by atoms with van der Waals surface area (Å²) in [6, 6.07) is 21.7. The summed E-state index contributed by atoms with van der Waals surface area (Å²) in [5.41, 5.74) is 12.1. The summed E-state index contributed by atoms with van der Waals surface area (Å²) in [5, 5.41) is 6.50. The van der Waals surface area contributed by atoms with E-state index in [1.165, 1.54) is 0 Å². The zero-order valence-corrected chi connectivity index (χ0v) is 21.5. The number of hydrogen-bond acceptors (Lipinski definition) is 5. The van der Waals surface area contributed by atoms with Gasteiger partial charge in [0.15, 0.2) is 11.5 Å². The molecular weight excluding hydrogens is 450 g/mol. The van der Waals surface area contributed by atoms with E-state index < -0.39 is 0 Å². The standard InChI is InChI=1S/C30H35N3O3/c1-5-16-30(31,17-6-2)21-12-14-22(15-13-21)32-28(20-10-8-7-9-11-20)27-23-18-25(35-3)26(36-4)19-24(23)33-29(27)34/h7-15,18-19,32H,5-6,16-17,31H2,1-4H3,(H,33,34)/b28-27-. The van der Waals surface area contributed by atoms with E-state index in [1.807, 2.05) is 48.5 Å². The lowest BCUT2D eigenvalue weighted by Crippen LogP contribution is -2.36. The number of nitrogens with two attached hydrogens (primary N) is 1. The van der Waals surface area contributed by atoms with Crippen molar-refractivity contribution in [3.8, 4) is 11.5 Å². The highest BCUT2D eigenvalue weighted by Gasteiger charge is 2.31. The summed E-state index contributed by atoms with van der Waals surface area (Å²) in [4.78, 5) is 13.3. The molecule has 0 aromatic heterocycles. The van der Waals surface area contributed by atoms with Crippen LogP contribution in [-0.4, -0.2) is 20.1 Å². The van der Waals surface area contributed by atoms with Gasteiger partial charge in [0.2, 0.25) is 0 Å². The number of hydrogen-bond donors (Lipinski definition) is 3. The Kier molecular flexibility index (Phi) is 7.65. The average Bonchev–Trinajstić information content (AvgIpc) is 3.21. The number of fused-ring (bicyclic) bond motifs is 1. The molecule has 1 heterocycles. The highest BCUT2D eigenvalue weighted by molar-refractivity contribution is 6.37. The highest BCUT2D eigenvalue weighted by atomic mass is 16.5. The van der Waals surface area contributed by atoms with Crippen LogP contribution in [0.2, 0.25) is 0 Å². The van der Waals surface area contributed by atoms with Crippen LogP contribution in [-0.2, 0) is 10.3 Å². The zero-order valence-electron chi connectivity index (χ0n) is 21.5. The number of nitrogens with one attached hydrogen (secondary N) is 2. The summed E-state index contributed by atoms with van der Waals surface area (Å²) in [7, 11) is 3.17. The van der Waals surface area contributed by atoms with Crippen LogP contribution in [0.25, 0.3) is 11.3 Å². The first kappa shape index (κ1) is 25.3. The fourth-order valence-corrected chi connectivity index (χ4v) is 4.96. The van der Waals surface area contributed by atoms with Gasteiger partial charge in [0.1, 0.15) is 0 Å². The smallest absolute Gasteiger partial charge is 0.258 e. The van der Waals surface area contributed by atoms with Gasteiger partial charge in [-0.1, -0.05) is 69.2 Å². The number of rotatable bonds is 10. The molecule has 4 rings (SSSR count). The lowest BCUT2D eigenvalue weighted by Gasteiger charge is -2.30. The highest BCUT2D eigenvalue weighted by Crippen LogP contribution is 2.43. The lowest BCUT2D eigenvalue weighted by atomic mass is 9.83. The van der Waals surface area contributed by atoms with Crippen LogP contribution >= 0.6 is 0 Å². The molecule has 1 aliphatic rings. The monoisotopic (exact) mass is 485 g/mol. The Balaban J connectivity index is 1.79. The predicted octanol–water partition coefficient (Wildman–Crippen LogP) is 6.39. The van der Waals surface area contributed by atoms with Crippen molar-refractivity contribution >= 4 is 28.6 Å². The van der Waals surface area contributed by atoms with Crippen molar-refractivity contribution in [2.75, 3.05) is 24.9 Å². The number of benzene rings is 3. The van der Waals surface area contributed by atoms with Gasteiger partial charge >= 0.3 is 0 Å². The van der Waals surface area contributed by atoms with Crippen molar-refractivity contribution in [3.63, 3.8) is 0 Å². The number of carbonyl (C=O) groups excluding carboxylic acids is 1. The molecule has 0 aliphatic carbocycles. The Morgan fingerprint density at radius 1 is 0.917 bits per heavy atom. The van der Waals surface area contributed by atoms with E-state index in [1.54, 1.807) is 20.3 Å². The van der Waals surface area contributed by atoms with Crippen LogP contribution in [0.1, 0.15) is 56.2 Å². The van der Waals surface area contributed by atoms with Gasteiger partial charge in [-0.3, -0.25) is 4.79 Å². The van der Waals surface area contributed by atoms with Gasteiger partial charge in [-0.05, 0) is 42.2 Å². The molecule has 0 spiro atoms.